The van der Waals surface area contributed by atoms with E-state index in [2.05, 4.69) is 6.92 Å². The van der Waals surface area contributed by atoms with E-state index in [1.54, 1.807) is 18.9 Å². The van der Waals surface area contributed by atoms with Crippen LogP contribution >= 0.6 is 0 Å². The summed E-state index contributed by atoms with van der Waals surface area (Å²) >= 11 is 0. The minimum absolute atomic E-state index is 0.146. The number of esters is 1. The van der Waals surface area contributed by atoms with Gasteiger partial charge in [0.1, 0.15) is 18.1 Å². The summed E-state index contributed by atoms with van der Waals surface area (Å²) in [7, 11) is 5.38. The Morgan fingerprint density at radius 3 is 2.36 bits per heavy atom. The number of nitrogens with zero attached hydrogens (tertiary/aromatic N) is 3. The molecule has 4 heterocycles. The van der Waals surface area contributed by atoms with Crippen molar-refractivity contribution < 1.29 is 43.2 Å². The van der Waals surface area contributed by atoms with Crippen LogP contribution in [-0.2, 0) is 33.3 Å². The zero-order valence-electron chi connectivity index (χ0n) is 28.9. The highest BCUT2D eigenvalue weighted by Gasteiger charge is 2.60. The lowest BCUT2D eigenvalue weighted by Gasteiger charge is -2.47. The predicted molar refractivity (Wildman–Crippen MR) is 167 cm³/mol. The van der Waals surface area contributed by atoms with E-state index < -0.39 is 65.7 Å². The Hall–Kier alpha value is -2.12. The summed E-state index contributed by atoms with van der Waals surface area (Å²) < 4.78 is 31.1. The molecule has 0 radical (unpaired) electrons. The van der Waals surface area contributed by atoms with E-state index in [0.29, 0.717) is 32.4 Å². The number of hydrogen-bond donors (Lipinski definition) is 1. The molecule has 0 saturated carbocycles. The second-order valence-electron chi connectivity index (χ2n) is 14.3. The van der Waals surface area contributed by atoms with Crippen LogP contribution in [0, 0.1) is 23.7 Å². The first kappa shape index (κ1) is 35.7. The zero-order valence-corrected chi connectivity index (χ0v) is 28.9. The molecule has 2 bridgehead atoms. The Bertz CT molecular complexity index is 1150. The lowest BCUT2D eigenvalue weighted by Crippen LogP contribution is -2.60. The molecule has 13 atom stereocenters. The average molecular weight is 638 g/mol. The molecule has 4 aliphatic heterocycles. The molecule has 1 amide bonds. The van der Waals surface area contributed by atoms with Crippen LogP contribution in [0.5, 0.6) is 0 Å². The monoisotopic (exact) mass is 637 g/mol. The molecule has 0 aromatic heterocycles. The van der Waals surface area contributed by atoms with Gasteiger partial charge < -0.3 is 33.7 Å². The van der Waals surface area contributed by atoms with Gasteiger partial charge in [-0.05, 0) is 67.0 Å². The highest BCUT2D eigenvalue weighted by Crippen LogP contribution is 2.44. The largest absolute Gasteiger partial charge is 0.458 e. The highest BCUT2D eigenvalue weighted by molar-refractivity contribution is 6.00. The Labute approximate surface area is 268 Å². The summed E-state index contributed by atoms with van der Waals surface area (Å²) in [5, 5.41) is 11.4. The van der Waals surface area contributed by atoms with Crippen molar-refractivity contribution >= 4 is 23.6 Å². The number of carbonyl (C=O) groups is 3. The molecular weight excluding hydrogens is 582 g/mol. The topological polar surface area (TPSA) is 136 Å². The number of aliphatic imine (C=N–C) groups is 1. The van der Waals surface area contributed by atoms with E-state index in [-0.39, 0.29) is 29.8 Å². The molecule has 4 aliphatic rings. The van der Waals surface area contributed by atoms with Gasteiger partial charge in [0, 0.05) is 37.2 Å². The van der Waals surface area contributed by atoms with Crippen LogP contribution in [0.15, 0.2) is 4.99 Å². The van der Waals surface area contributed by atoms with Gasteiger partial charge in [0.25, 0.3) is 0 Å². The fourth-order valence-electron chi connectivity index (χ4n) is 8.31. The molecule has 0 spiro atoms. The first-order valence-corrected chi connectivity index (χ1v) is 16.5. The fraction of sp³-hybridized carbons (Fsp3) is 0.879. The molecule has 45 heavy (non-hydrogen) atoms. The van der Waals surface area contributed by atoms with Crippen LogP contribution in [0.4, 0.5) is 4.79 Å². The average Bonchev–Trinajstić information content (AvgIpc) is 3.11. The maximum atomic E-state index is 14.1. The maximum absolute atomic E-state index is 14.1. The van der Waals surface area contributed by atoms with Crippen molar-refractivity contribution in [2.24, 2.45) is 28.7 Å². The van der Waals surface area contributed by atoms with Crippen molar-refractivity contribution in [1.82, 2.24) is 9.80 Å². The predicted octanol–water partition coefficient (Wildman–Crippen LogP) is 3.08. The molecule has 0 aromatic carbocycles. The number of amides is 1. The van der Waals surface area contributed by atoms with Crippen LogP contribution in [0.3, 0.4) is 0 Å². The number of carbonyl (C=O) groups excluding carboxylic acids is 3. The molecule has 1 N–H and O–H groups in total. The van der Waals surface area contributed by atoms with Gasteiger partial charge >= 0.3 is 12.1 Å². The normalized spacial score (nSPS) is 45.0. The van der Waals surface area contributed by atoms with Gasteiger partial charge in [-0.25, -0.2) is 4.79 Å². The van der Waals surface area contributed by atoms with Crippen molar-refractivity contribution in [3.8, 4) is 0 Å². The van der Waals surface area contributed by atoms with Crippen LogP contribution in [0.25, 0.3) is 0 Å². The molecule has 12 heteroatoms. The van der Waals surface area contributed by atoms with E-state index in [1.807, 2.05) is 53.6 Å². The van der Waals surface area contributed by atoms with Crippen molar-refractivity contribution in [3.63, 3.8) is 0 Å². The van der Waals surface area contributed by atoms with Crippen LogP contribution in [0.1, 0.15) is 74.7 Å². The number of Topliss-reactive ketones (excluding diaryl/α,β-unsaturated/α-hetero) is 1. The number of methoxy groups -OCH3 is 1. The summed E-state index contributed by atoms with van der Waals surface area (Å²) in [6.45, 7) is 15.7. The molecular formula is C33H55N3O9. The second kappa shape index (κ2) is 13.5. The fourth-order valence-corrected chi connectivity index (χ4v) is 8.31. The second-order valence-corrected chi connectivity index (χ2v) is 14.3. The van der Waals surface area contributed by atoms with Gasteiger partial charge in [0.2, 0.25) is 0 Å². The van der Waals surface area contributed by atoms with Gasteiger partial charge in [-0.2, -0.15) is 0 Å². The van der Waals surface area contributed by atoms with E-state index >= 15 is 0 Å². The number of cyclic esters (lactones) is 1. The third kappa shape index (κ3) is 6.54. The van der Waals surface area contributed by atoms with Crippen molar-refractivity contribution in [2.75, 3.05) is 34.3 Å². The smallest absolute Gasteiger partial charge is 0.410 e. The van der Waals surface area contributed by atoms with Crippen molar-refractivity contribution in [1.29, 1.82) is 0 Å². The Morgan fingerprint density at radius 2 is 1.76 bits per heavy atom. The van der Waals surface area contributed by atoms with Gasteiger partial charge in [-0.15, -0.1) is 0 Å². The molecule has 3 saturated heterocycles. The van der Waals surface area contributed by atoms with E-state index in [0.717, 1.165) is 5.71 Å². The number of ether oxygens (including phenoxy) is 5. The number of likely N-dealkylation sites (N-methyl/N-ethyl adjacent to an activating group) is 1. The highest BCUT2D eigenvalue weighted by atomic mass is 16.7. The third-order valence-electron chi connectivity index (χ3n) is 10.8. The van der Waals surface area contributed by atoms with Crippen LogP contribution in [-0.4, -0.2) is 127 Å². The maximum Gasteiger partial charge on any atom is 0.410 e. The van der Waals surface area contributed by atoms with Gasteiger partial charge in [-0.3, -0.25) is 19.5 Å². The SMILES string of the molecule is CC[C@@H]1OC(=O)[C@H](C)C(=O)[C@H](C)[C@H](O[C@@H]2O[C@H](C)C[C@H](N(C)C)[C@H]2O)[C@@](C)(OC)C[C@@H](C)C2=NCCN3C(=O)O[C@@]1(C)[C@H]3[C@@H]2C. The minimum Gasteiger partial charge on any atom is -0.458 e. The van der Waals surface area contributed by atoms with Crippen molar-refractivity contribution in [3.05, 3.63) is 0 Å². The standard InChI is InChI=1S/C33H55N3O9/c1-12-23-33(8)27-19(4)24(34-13-14-36(27)31(40)45-33)17(2)16-32(7,41-11)28(20(5)25(37)21(6)29(39)43-23)44-30-26(38)22(35(9)10)15-18(3)42-30/h17-23,26-28,30,38H,12-16H2,1-11H3/t17-,18-,19-,20+,21-,22+,23+,26-,27-,28+,30+,32+,33-/m1/s1. The number of rotatable bonds is 5. The molecule has 4 rings (SSSR count). The number of hydrogen-bond acceptors (Lipinski definition) is 11. The first-order chi connectivity index (χ1) is 21.0. The Kier molecular flexibility index (Phi) is 10.8. The van der Waals surface area contributed by atoms with E-state index in [4.69, 9.17) is 28.7 Å². The Balaban J connectivity index is 1.80. The molecule has 3 fully saturated rings. The minimum atomic E-state index is -1.14. The summed E-state index contributed by atoms with van der Waals surface area (Å²) in [6, 6.07) is -0.652. The van der Waals surface area contributed by atoms with Crippen LogP contribution in [0.2, 0.25) is 0 Å². The zero-order chi connectivity index (χ0) is 33.6. The van der Waals surface area contributed by atoms with E-state index in [1.165, 1.54) is 6.92 Å². The lowest BCUT2D eigenvalue weighted by atomic mass is 9.73. The van der Waals surface area contributed by atoms with Crippen molar-refractivity contribution in [2.45, 2.75) is 129 Å². The van der Waals surface area contributed by atoms with Gasteiger partial charge in [-0.1, -0.05) is 27.7 Å². The van der Waals surface area contributed by atoms with E-state index in [9.17, 15) is 19.5 Å². The molecule has 0 aliphatic carbocycles. The number of fused-ring (bicyclic) bond motifs is 1. The van der Waals surface area contributed by atoms with Gasteiger partial charge in [0.15, 0.2) is 17.7 Å². The third-order valence-corrected chi connectivity index (χ3v) is 10.8. The van der Waals surface area contributed by atoms with Gasteiger partial charge in [0.05, 0.1) is 30.4 Å². The molecule has 0 aromatic rings. The number of aliphatic hydroxyl groups excluding tert-OH is 1. The number of aliphatic hydroxyl groups is 1. The summed E-state index contributed by atoms with van der Waals surface area (Å²) in [6.07, 6.45) is -2.91. The summed E-state index contributed by atoms with van der Waals surface area (Å²) in [4.78, 5) is 49.6. The molecule has 256 valence electrons. The summed E-state index contributed by atoms with van der Waals surface area (Å²) in [5.74, 6) is -3.41. The lowest BCUT2D eigenvalue weighted by molar-refractivity contribution is -0.295. The Morgan fingerprint density at radius 1 is 1.09 bits per heavy atom. The first-order valence-electron chi connectivity index (χ1n) is 16.5. The molecule has 0 unspecified atom stereocenters. The summed E-state index contributed by atoms with van der Waals surface area (Å²) in [5.41, 5.74) is -1.31. The quantitative estimate of drug-likeness (QED) is 0.354. The molecule has 12 nitrogen and oxygen atoms in total. The van der Waals surface area contributed by atoms with Crippen LogP contribution < -0.4 is 0 Å². The number of ketones is 1.